The second kappa shape index (κ2) is 6.29. The van der Waals surface area contributed by atoms with Gasteiger partial charge in [0.15, 0.2) is 0 Å². The third kappa shape index (κ3) is 3.63. The van der Waals surface area contributed by atoms with E-state index in [1.165, 1.54) is 37.2 Å². The molecule has 0 bridgehead atoms. The smallest absolute Gasteiger partial charge is 0.123 e. The zero-order chi connectivity index (χ0) is 11.5. The zero-order valence-corrected chi connectivity index (χ0v) is 13.1. The van der Waals surface area contributed by atoms with Gasteiger partial charge in [0.2, 0.25) is 0 Å². The fraction of sp³-hybridized carbons (Fsp3) is 0.857. The van der Waals surface area contributed by atoms with E-state index in [1.807, 2.05) is 0 Å². The van der Waals surface area contributed by atoms with Crippen LogP contribution in [0.15, 0.2) is 12.2 Å². The Kier molecular flexibility index (Phi) is 4.74. The molecule has 3 heteroatoms. The van der Waals surface area contributed by atoms with Gasteiger partial charge in [-0.1, -0.05) is 12.2 Å². The van der Waals surface area contributed by atoms with Crippen LogP contribution in [-0.4, -0.2) is 45.0 Å². The van der Waals surface area contributed by atoms with Crippen molar-refractivity contribution < 1.29 is 0 Å². The van der Waals surface area contributed by atoms with Gasteiger partial charge in [0.05, 0.1) is 10.5 Å². The van der Waals surface area contributed by atoms with E-state index in [2.05, 4.69) is 23.9 Å². The molecule has 3 heterocycles. The molecule has 3 rings (SSSR count). The van der Waals surface area contributed by atoms with Crippen molar-refractivity contribution in [3.05, 3.63) is 12.2 Å². The van der Waals surface area contributed by atoms with Crippen molar-refractivity contribution in [2.75, 3.05) is 34.5 Å². The molecule has 2 unspecified atom stereocenters. The number of hydrogen-bond acceptors (Lipinski definition) is 1. The second-order valence-electron chi connectivity index (χ2n) is 5.39. The first-order chi connectivity index (χ1) is 8.40. The zero-order valence-electron chi connectivity index (χ0n) is 10.6. The molecule has 0 spiro atoms. The first-order valence-electron chi connectivity index (χ1n) is 7.02. The monoisotopic (exact) mass is 288 g/mol. The summed E-state index contributed by atoms with van der Waals surface area (Å²) in [5, 5.41) is 1.76. The van der Waals surface area contributed by atoms with Crippen LogP contribution in [0.2, 0.25) is 0 Å². The van der Waals surface area contributed by atoms with Crippen molar-refractivity contribution >= 4 is 33.6 Å². The molecule has 0 aromatic rings. The van der Waals surface area contributed by atoms with Gasteiger partial charge in [-0.25, -0.2) is 0 Å². The van der Waals surface area contributed by atoms with Gasteiger partial charge in [-0.2, -0.15) is 0 Å². The minimum absolute atomic E-state index is 0.794. The van der Waals surface area contributed by atoms with Gasteiger partial charge in [-0.3, -0.25) is 0 Å². The van der Waals surface area contributed by atoms with Gasteiger partial charge in [0, 0.05) is 0 Å². The van der Waals surface area contributed by atoms with Crippen molar-refractivity contribution in [2.24, 2.45) is 0 Å². The standard InChI is InChI=1S/C14H24S3/c1-2-8-16(7-1)11-13-5-6-14(15-13)12-17-9-3-4-10-17/h5-6,13-14H,1-4,7-12H2/q+2. The van der Waals surface area contributed by atoms with E-state index >= 15 is 0 Å². The van der Waals surface area contributed by atoms with Crippen LogP contribution in [0.3, 0.4) is 0 Å². The lowest BCUT2D eigenvalue weighted by atomic mass is 10.3. The molecule has 3 aliphatic rings. The predicted octanol–water partition coefficient (Wildman–Crippen LogP) is 2.85. The van der Waals surface area contributed by atoms with Crippen LogP contribution >= 0.6 is 11.8 Å². The summed E-state index contributed by atoms with van der Waals surface area (Å²) in [7, 11) is 1.59. The van der Waals surface area contributed by atoms with Crippen LogP contribution in [0, 0.1) is 0 Å². The fourth-order valence-electron chi connectivity index (χ4n) is 2.98. The van der Waals surface area contributed by atoms with Crippen LogP contribution in [0.1, 0.15) is 25.7 Å². The summed E-state index contributed by atoms with van der Waals surface area (Å²) in [6.45, 7) is 0. The summed E-state index contributed by atoms with van der Waals surface area (Å²) in [6.07, 6.45) is 11.1. The van der Waals surface area contributed by atoms with Crippen molar-refractivity contribution in [2.45, 2.75) is 36.2 Å². The molecular formula is C14H24S3+2. The van der Waals surface area contributed by atoms with Gasteiger partial charge in [0.25, 0.3) is 0 Å². The number of hydrogen-bond donors (Lipinski definition) is 0. The molecule has 0 aromatic carbocycles. The third-order valence-corrected chi connectivity index (χ3v) is 10.8. The van der Waals surface area contributed by atoms with E-state index in [-0.39, 0.29) is 0 Å². The average molecular weight is 289 g/mol. The molecule has 0 amide bonds. The minimum atomic E-state index is 0.794. The number of thioether (sulfide) groups is 1. The Morgan fingerprint density at radius 3 is 1.59 bits per heavy atom. The lowest BCUT2D eigenvalue weighted by Crippen LogP contribution is -2.20. The lowest BCUT2D eigenvalue weighted by molar-refractivity contribution is 0.949. The number of rotatable bonds is 4. The van der Waals surface area contributed by atoms with Crippen molar-refractivity contribution in [3.63, 3.8) is 0 Å². The van der Waals surface area contributed by atoms with Gasteiger partial charge in [-0.15, -0.1) is 11.8 Å². The van der Waals surface area contributed by atoms with Crippen molar-refractivity contribution in [1.29, 1.82) is 0 Å². The summed E-state index contributed by atoms with van der Waals surface area (Å²) < 4.78 is 0. The Bertz CT molecular complexity index is 239. The molecule has 0 aliphatic carbocycles. The van der Waals surface area contributed by atoms with Crippen LogP contribution in [-0.2, 0) is 21.8 Å². The summed E-state index contributed by atoms with van der Waals surface area (Å²) in [5.74, 6) is 9.18. The van der Waals surface area contributed by atoms with E-state index in [0.29, 0.717) is 0 Å². The normalized spacial score (nSPS) is 35.1. The van der Waals surface area contributed by atoms with Gasteiger partial charge < -0.3 is 0 Å². The van der Waals surface area contributed by atoms with E-state index in [1.54, 1.807) is 23.0 Å². The molecule has 0 nitrogen and oxygen atoms in total. The minimum Gasteiger partial charge on any atom is -0.137 e. The van der Waals surface area contributed by atoms with Crippen LogP contribution < -0.4 is 0 Å². The summed E-state index contributed by atoms with van der Waals surface area (Å²) >= 11 is 2.29. The van der Waals surface area contributed by atoms with Gasteiger partial charge in [-0.05, 0) is 47.5 Å². The Labute approximate surface area is 116 Å². The molecule has 2 fully saturated rings. The Morgan fingerprint density at radius 2 is 1.18 bits per heavy atom. The molecular weight excluding hydrogens is 264 g/mol. The van der Waals surface area contributed by atoms with Crippen LogP contribution in [0.5, 0.6) is 0 Å². The van der Waals surface area contributed by atoms with E-state index < -0.39 is 0 Å². The highest BCUT2D eigenvalue weighted by atomic mass is 32.2. The van der Waals surface area contributed by atoms with Gasteiger partial charge in [0.1, 0.15) is 34.5 Å². The quantitative estimate of drug-likeness (QED) is 0.566. The maximum Gasteiger partial charge on any atom is 0.123 e. The van der Waals surface area contributed by atoms with E-state index in [4.69, 9.17) is 0 Å². The molecule has 2 saturated heterocycles. The maximum absolute atomic E-state index is 2.54. The highest BCUT2D eigenvalue weighted by molar-refractivity contribution is 8.04. The Hall–Kier alpha value is 0.790. The van der Waals surface area contributed by atoms with Gasteiger partial charge >= 0.3 is 0 Å². The third-order valence-electron chi connectivity index (χ3n) is 3.92. The Balaban J connectivity index is 1.40. The molecule has 17 heavy (non-hydrogen) atoms. The van der Waals surface area contributed by atoms with Crippen LogP contribution in [0.25, 0.3) is 0 Å². The largest absolute Gasteiger partial charge is 0.137 e. The molecule has 0 radical (unpaired) electrons. The summed E-state index contributed by atoms with van der Waals surface area (Å²) in [6, 6.07) is 0. The van der Waals surface area contributed by atoms with Crippen molar-refractivity contribution in [1.82, 2.24) is 0 Å². The molecule has 0 N–H and O–H groups in total. The molecule has 96 valence electrons. The first kappa shape index (κ1) is 12.8. The molecule has 3 aliphatic heterocycles. The average Bonchev–Trinajstić information content (AvgIpc) is 3.02. The molecule has 2 atom stereocenters. The SMILES string of the molecule is C1=CC(C[S+]2CCCC2)SC1C[S+]1CCCC1. The highest BCUT2D eigenvalue weighted by Crippen LogP contribution is 2.32. The highest BCUT2D eigenvalue weighted by Gasteiger charge is 2.34. The van der Waals surface area contributed by atoms with E-state index in [9.17, 15) is 0 Å². The second-order valence-corrected chi connectivity index (χ2v) is 11.6. The van der Waals surface area contributed by atoms with E-state index in [0.717, 1.165) is 32.3 Å². The fourth-order valence-corrected chi connectivity index (χ4v) is 10.3. The molecule has 0 saturated carbocycles. The first-order valence-corrected chi connectivity index (χ1v) is 11.4. The molecule has 0 aromatic heterocycles. The Morgan fingerprint density at radius 1 is 0.765 bits per heavy atom. The summed E-state index contributed by atoms with van der Waals surface area (Å²) in [4.78, 5) is 0. The lowest BCUT2D eigenvalue weighted by Gasteiger charge is -2.10. The topological polar surface area (TPSA) is 0 Å². The predicted molar refractivity (Wildman–Crippen MR) is 86.7 cm³/mol. The maximum atomic E-state index is 2.54. The van der Waals surface area contributed by atoms with Crippen LogP contribution in [0.4, 0.5) is 0 Å². The van der Waals surface area contributed by atoms with Crippen molar-refractivity contribution in [3.8, 4) is 0 Å². The summed E-state index contributed by atoms with van der Waals surface area (Å²) in [5.41, 5.74) is 0.